The van der Waals surface area contributed by atoms with Gasteiger partial charge in [-0.25, -0.2) is 0 Å². The summed E-state index contributed by atoms with van der Waals surface area (Å²) < 4.78 is 5.49. The molecule has 0 aliphatic carbocycles. The molecule has 0 spiro atoms. The Morgan fingerprint density at radius 3 is 3.00 bits per heavy atom. The highest BCUT2D eigenvalue weighted by molar-refractivity contribution is 5.80. The topological polar surface area (TPSA) is 54.3 Å². The SMILES string of the molecule is CCc1ccc(C2NCC(=O)N2)o1. The minimum absolute atomic E-state index is 0.0134. The summed E-state index contributed by atoms with van der Waals surface area (Å²) in [5.41, 5.74) is 0. The average Bonchev–Trinajstić information content (AvgIpc) is 2.71. The van der Waals surface area contributed by atoms with E-state index in [2.05, 4.69) is 10.6 Å². The van der Waals surface area contributed by atoms with Gasteiger partial charge in [0, 0.05) is 6.42 Å². The number of rotatable bonds is 2. The molecule has 2 N–H and O–H groups in total. The standard InChI is InChI=1S/C9H12N2O2/c1-2-6-3-4-7(13-6)9-10-5-8(12)11-9/h3-4,9-10H,2,5H2,1H3,(H,11,12). The van der Waals surface area contributed by atoms with Crippen LogP contribution >= 0.6 is 0 Å². The molecule has 2 heterocycles. The van der Waals surface area contributed by atoms with Gasteiger partial charge in [-0.1, -0.05) is 6.92 Å². The third kappa shape index (κ3) is 1.58. The largest absolute Gasteiger partial charge is 0.462 e. The maximum atomic E-state index is 10.9. The van der Waals surface area contributed by atoms with E-state index in [1.165, 1.54) is 0 Å². The Hall–Kier alpha value is -1.29. The molecule has 13 heavy (non-hydrogen) atoms. The minimum Gasteiger partial charge on any atom is -0.462 e. The predicted octanol–water partition coefficient (Wildman–Crippen LogP) is 0.560. The molecule has 4 nitrogen and oxygen atoms in total. The second-order valence-corrected chi connectivity index (χ2v) is 3.04. The number of amides is 1. The van der Waals surface area contributed by atoms with E-state index in [0.717, 1.165) is 17.9 Å². The fourth-order valence-electron chi connectivity index (χ4n) is 1.37. The molecule has 1 aliphatic heterocycles. The summed E-state index contributed by atoms with van der Waals surface area (Å²) in [5, 5.41) is 5.77. The maximum Gasteiger partial charge on any atom is 0.235 e. The molecule has 1 saturated heterocycles. The molecule has 1 unspecified atom stereocenters. The average molecular weight is 180 g/mol. The monoisotopic (exact) mass is 180 g/mol. The van der Waals surface area contributed by atoms with E-state index >= 15 is 0 Å². The van der Waals surface area contributed by atoms with Crippen LogP contribution in [0.5, 0.6) is 0 Å². The lowest BCUT2D eigenvalue weighted by atomic mass is 10.3. The van der Waals surface area contributed by atoms with Crippen LogP contribution in [0.25, 0.3) is 0 Å². The molecule has 70 valence electrons. The van der Waals surface area contributed by atoms with E-state index in [1.807, 2.05) is 19.1 Å². The minimum atomic E-state index is -0.146. The highest BCUT2D eigenvalue weighted by Crippen LogP contribution is 2.16. The van der Waals surface area contributed by atoms with E-state index in [1.54, 1.807) is 0 Å². The summed E-state index contributed by atoms with van der Waals surface area (Å²) in [4.78, 5) is 10.9. The molecule has 1 aromatic rings. The molecule has 1 atom stereocenters. The summed E-state index contributed by atoms with van der Waals surface area (Å²) in [6.07, 6.45) is 0.730. The highest BCUT2D eigenvalue weighted by Gasteiger charge is 2.23. The predicted molar refractivity (Wildman–Crippen MR) is 47.0 cm³/mol. The van der Waals surface area contributed by atoms with E-state index in [0.29, 0.717) is 6.54 Å². The van der Waals surface area contributed by atoms with Gasteiger partial charge < -0.3 is 9.73 Å². The Labute approximate surface area is 76.3 Å². The van der Waals surface area contributed by atoms with Gasteiger partial charge in [-0.3, -0.25) is 10.1 Å². The molecule has 1 amide bonds. The summed E-state index contributed by atoms with van der Waals surface area (Å²) in [6.45, 7) is 2.40. The van der Waals surface area contributed by atoms with Crippen molar-refractivity contribution < 1.29 is 9.21 Å². The van der Waals surface area contributed by atoms with Crippen LogP contribution in [0.4, 0.5) is 0 Å². The number of hydrogen-bond donors (Lipinski definition) is 2. The maximum absolute atomic E-state index is 10.9. The first kappa shape index (κ1) is 8.31. The lowest BCUT2D eigenvalue weighted by Crippen LogP contribution is -2.21. The van der Waals surface area contributed by atoms with Crippen molar-refractivity contribution in [2.24, 2.45) is 0 Å². The molecule has 2 rings (SSSR count). The van der Waals surface area contributed by atoms with Gasteiger partial charge in [0.1, 0.15) is 17.7 Å². The first-order valence-corrected chi connectivity index (χ1v) is 4.41. The fourth-order valence-corrected chi connectivity index (χ4v) is 1.37. The van der Waals surface area contributed by atoms with Crippen LogP contribution in [-0.4, -0.2) is 12.5 Å². The Morgan fingerprint density at radius 1 is 1.62 bits per heavy atom. The van der Waals surface area contributed by atoms with E-state index in [-0.39, 0.29) is 12.1 Å². The van der Waals surface area contributed by atoms with Crippen LogP contribution in [0, 0.1) is 0 Å². The van der Waals surface area contributed by atoms with Crippen molar-refractivity contribution in [1.82, 2.24) is 10.6 Å². The van der Waals surface area contributed by atoms with Gasteiger partial charge in [-0.15, -0.1) is 0 Å². The normalized spacial score (nSPS) is 21.9. The Bertz CT molecular complexity index is 319. The number of carbonyl (C=O) groups excluding carboxylic acids is 1. The van der Waals surface area contributed by atoms with Gasteiger partial charge in [0.05, 0.1) is 6.54 Å². The van der Waals surface area contributed by atoms with Crippen molar-refractivity contribution in [3.05, 3.63) is 23.7 Å². The molecule has 1 aromatic heterocycles. The fraction of sp³-hybridized carbons (Fsp3) is 0.444. The Balaban J connectivity index is 2.12. The first-order valence-electron chi connectivity index (χ1n) is 4.41. The Kier molecular flexibility index (Phi) is 2.06. The number of carbonyl (C=O) groups is 1. The highest BCUT2D eigenvalue weighted by atomic mass is 16.3. The number of aryl methyl sites for hydroxylation is 1. The lowest BCUT2D eigenvalue weighted by molar-refractivity contribution is -0.118. The molecule has 1 aliphatic rings. The molecule has 0 bridgehead atoms. The van der Waals surface area contributed by atoms with Crippen molar-refractivity contribution in [3.8, 4) is 0 Å². The molecule has 4 heteroatoms. The molecule has 1 fully saturated rings. The van der Waals surface area contributed by atoms with Crippen molar-refractivity contribution >= 4 is 5.91 Å². The first-order chi connectivity index (χ1) is 6.29. The van der Waals surface area contributed by atoms with Gasteiger partial charge >= 0.3 is 0 Å². The zero-order valence-electron chi connectivity index (χ0n) is 7.46. The van der Waals surface area contributed by atoms with Crippen molar-refractivity contribution in [2.75, 3.05) is 6.54 Å². The molecule has 0 aromatic carbocycles. The van der Waals surface area contributed by atoms with Gasteiger partial charge in [0.15, 0.2) is 0 Å². The zero-order valence-corrected chi connectivity index (χ0v) is 7.46. The summed E-state index contributed by atoms with van der Waals surface area (Å²) >= 11 is 0. The van der Waals surface area contributed by atoms with Crippen molar-refractivity contribution in [1.29, 1.82) is 0 Å². The summed E-state index contributed by atoms with van der Waals surface area (Å²) in [5.74, 6) is 1.74. The number of nitrogens with one attached hydrogen (secondary N) is 2. The van der Waals surface area contributed by atoms with Crippen molar-refractivity contribution in [3.63, 3.8) is 0 Å². The van der Waals surface area contributed by atoms with Gasteiger partial charge in [-0.2, -0.15) is 0 Å². The smallest absolute Gasteiger partial charge is 0.235 e. The lowest BCUT2D eigenvalue weighted by Gasteiger charge is -2.05. The van der Waals surface area contributed by atoms with E-state index in [9.17, 15) is 4.79 Å². The Morgan fingerprint density at radius 2 is 2.46 bits per heavy atom. The molecule has 0 radical (unpaired) electrons. The summed E-state index contributed by atoms with van der Waals surface area (Å²) in [6, 6.07) is 3.82. The van der Waals surface area contributed by atoms with Gasteiger partial charge in [0.25, 0.3) is 0 Å². The third-order valence-electron chi connectivity index (χ3n) is 2.09. The second-order valence-electron chi connectivity index (χ2n) is 3.04. The number of hydrogen-bond acceptors (Lipinski definition) is 3. The van der Waals surface area contributed by atoms with Gasteiger partial charge in [-0.05, 0) is 12.1 Å². The molecule has 0 saturated carbocycles. The quantitative estimate of drug-likeness (QED) is 0.699. The van der Waals surface area contributed by atoms with Crippen LogP contribution in [0.1, 0.15) is 24.6 Å². The van der Waals surface area contributed by atoms with Crippen LogP contribution in [0.2, 0.25) is 0 Å². The van der Waals surface area contributed by atoms with Gasteiger partial charge in [0.2, 0.25) is 5.91 Å². The molecular formula is C9H12N2O2. The number of furan rings is 1. The second kappa shape index (κ2) is 3.22. The molecular weight excluding hydrogens is 168 g/mol. The van der Waals surface area contributed by atoms with Crippen LogP contribution < -0.4 is 10.6 Å². The van der Waals surface area contributed by atoms with E-state index in [4.69, 9.17) is 4.42 Å². The van der Waals surface area contributed by atoms with Crippen LogP contribution in [0.15, 0.2) is 16.5 Å². The summed E-state index contributed by atoms with van der Waals surface area (Å²) in [7, 11) is 0. The van der Waals surface area contributed by atoms with E-state index < -0.39 is 0 Å². The van der Waals surface area contributed by atoms with Crippen molar-refractivity contribution in [2.45, 2.75) is 19.5 Å². The third-order valence-corrected chi connectivity index (χ3v) is 2.09. The zero-order chi connectivity index (χ0) is 9.26. The van der Waals surface area contributed by atoms with Crippen LogP contribution in [0.3, 0.4) is 0 Å². The van der Waals surface area contributed by atoms with Crippen LogP contribution in [-0.2, 0) is 11.2 Å².